The van der Waals surface area contributed by atoms with Crippen LogP contribution in [0.1, 0.15) is 37.7 Å². The summed E-state index contributed by atoms with van der Waals surface area (Å²) in [5.74, 6) is 1.57. The van der Waals surface area contributed by atoms with Crippen molar-refractivity contribution in [1.82, 2.24) is 0 Å². The molecule has 0 radical (unpaired) electrons. The van der Waals surface area contributed by atoms with Crippen molar-refractivity contribution in [2.24, 2.45) is 11.7 Å². The van der Waals surface area contributed by atoms with E-state index in [9.17, 15) is 0 Å². The third-order valence-corrected chi connectivity index (χ3v) is 4.44. The average Bonchev–Trinajstić information content (AvgIpc) is 2.55. The van der Waals surface area contributed by atoms with Crippen molar-refractivity contribution in [3.63, 3.8) is 0 Å². The van der Waals surface area contributed by atoms with Crippen LogP contribution in [0.15, 0.2) is 22.7 Å². The zero-order chi connectivity index (χ0) is 13.0. The number of benzene rings is 1. The zero-order valence-electron chi connectivity index (χ0n) is 11.0. The van der Waals surface area contributed by atoms with E-state index >= 15 is 0 Å². The quantitative estimate of drug-likeness (QED) is 0.859. The third kappa shape index (κ3) is 3.48. The highest BCUT2D eigenvalue weighted by Crippen LogP contribution is 2.30. The Hall–Kier alpha value is -0.540. The summed E-state index contributed by atoms with van der Waals surface area (Å²) in [6.07, 6.45) is 7.38. The summed E-state index contributed by atoms with van der Waals surface area (Å²) >= 11 is 3.53. The summed E-state index contributed by atoms with van der Waals surface area (Å²) in [5.41, 5.74) is 7.58. The van der Waals surface area contributed by atoms with Gasteiger partial charge in [0.2, 0.25) is 0 Å². The van der Waals surface area contributed by atoms with Crippen molar-refractivity contribution in [3.8, 4) is 5.75 Å². The van der Waals surface area contributed by atoms with Gasteiger partial charge >= 0.3 is 0 Å². The molecule has 0 saturated heterocycles. The first-order chi connectivity index (χ1) is 8.70. The SMILES string of the molecule is COc1ccc(Br)cc1CC1CCCCCC1N. The Morgan fingerprint density at radius 1 is 1.28 bits per heavy atom. The molecule has 3 heteroatoms. The molecular weight excluding hydrogens is 290 g/mol. The molecule has 1 aromatic carbocycles. The lowest BCUT2D eigenvalue weighted by Gasteiger charge is -2.22. The predicted octanol–water partition coefficient (Wildman–Crippen LogP) is 3.91. The van der Waals surface area contributed by atoms with Gasteiger partial charge in [-0.1, -0.05) is 35.2 Å². The van der Waals surface area contributed by atoms with E-state index in [-0.39, 0.29) is 0 Å². The molecule has 1 aliphatic rings. The first kappa shape index (κ1) is 13.9. The molecule has 0 spiro atoms. The van der Waals surface area contributed by atoms with Gasteiger partial charge in [-0.2, -0.15) is 0 Å². The molecule has 2 rings (SSSR count). The molecule has 2 unspecified atom stereocenters. The summed E-state index contributed by atoms with van der Waals surface area (Å²) in [6.45, 7) is 0. The van der Waals surface area contributed by atoms with Crippen molar-refractivity contribution in [2.45, 2.75) is 44.6 Å². The largest absolute Gasteiger partial charge is 0.496 e. The Bertz CT molecular complexity index is 394. The number of rotatable bonds is 3. The van der Waals surface area contributed by atoms with Gasteiger partial charge in [-0.3, -0.25) is 0 Å². The highest BCUT2D eigenvalue weighted by molar-refractivity contribution is 9.10. The van der Waals surface area contributed by atoms with Crippen LogP contribution in [0.2, 0.25) is 0 Å². The Kier molecular flexibility index (Phi) is 5.07. The Labute approximate surface area is 118 Å². The number of hydrogen-bond donors (Lipinski definition) is 1. The summed E-state index contributed by atoms with van der Waals surface area (Å²) < 4.78 is 6.56. The fourth-order valence-electron chi connectivity index (χ4n) is 2.86. The van der Waals surface area contributed by atoms with Crippen LogP contribution in [-0.2, 0) is 6.42 Å². The molecule has 2 atom stereocenters. The molecule has 1 aromatic rings. The van der Waals surface area contributed by atoms with Crippen LogP contribution in [0.5, 0.6) is 5.75 Å². The van der Waals surface area contributed by atoms with E-state index in [4.69, 9.17) is 10.5 Å². The van der Waals surface area contributed by atoms with Crippen molar-refractivity contribution in [3.05, 3.63) is 28.2 Å². The maximum atomic E-state index is 6.30. The van der Waals surface area contributed by atoms with Crippen LogP contribution in [-0.4, -0.2) is 13.2 Å². The van der Waals surface area contributed by atoms with Crippen LogP contribution in [0.25, 0.3) is 0 Å². The smallest absolute Gasteiger partial charge is 0.122 e. The second kappa shape index (κ2) is 6.58. The Balaban J connectivity index is 2.13. The zero-order valence-corrected chi connectivity index (χ0v) is 12.6. The molecular formula is C15H22BrNO. The van der Waals surface area contributed by atoms with Gasteiger partial charge < -0.3 is 10.5 Å². The maximum absolute atomic E-state index is 6.30. The van der Waals surface area contributed by atoms with E-state index in [1.807, 2.05) is 12.1 Å². The number of nitrogens with two attached hydrogens (primary N) is 1. The van der Waals surface area contributed by atoms with E-state index in [2.05, 4.69) is 22.0 Å². The molecule has 2 nitrogen and oxygen atoms in total. The van der Waals surface area contributed by atoms with Gasteiger partial charge in [-0.15, -0.1) is 0 Å². The number of methoxy groups -OCH3 is 1. The van der Waals surface area contributed by atoms with Crippen LogP contribution in [0, 0.1) is 5.92 Å². The third-order valence-electron chi connectivity index (χ3n) is 3.94. The molecule has 1 aliphatic carbocycles. The molecule has 0 aliphatic heterocycles. The highest BCUT2D eigenvalue weighted by Gasteiger charge is 2.21. The lowest BCUT2D eigenvalue weighted by Crippen LogP contribution is -2.30. The molecule has 2 N–H and O–H groups in total. The molecule has 0 amide bonds. The summed E-state index contributed by atoms with van der Waals surface area (Å²) in [5, 5.41) is 0. The lowest BCUT2D eigenvalue weighted by atomic mass is 9.88. The molecule has 0 heterocycles. The molecule has 0 aromatic heterocycles. The van der Waals surface area contributed by atoms with Gasteiger partial charge in [0.15, 0.2) is 0 Å². The topological polar surface area (TPSA) is 35.2 Å². The van der Waals surface area contributed by atoms with Crippen LogP contribution in [0.3, 0.4) is 0 Å². The first-order valence-corrected chi connectivity index (χ1v) is 7.58. The first-order valence-electron chi connectivity index (χ1n) is 6.78. The van der Waals surface area contributed by atoms with Crippen LogP contribution in [0.4, 0.5) is 0 Å². The van der Waals surface area contributed by atoms with E-state index in [0.29, 0.717) is 12.0 Å². The van der Waals surface area contributed by atoms with Gasteiger partial charge in [-0.05, 0) is 48.9 Å². The Morgan fingerprint density at radius 2 is 2.06 bits per heavy atom. The van der Waals surface area contributed by atoms with Crippen LogP contribution < -0.4 is 10.5 Å². The lowest BCUT2D eigenvalue weighted by molar-refractivity contribution is 0.375. The normalized spacial score (nSPS) is 24.6. The molecule has 18 heavy (non-hydrogen) atoms. The number of ether oxygens (including phenoxy) is 1. The fourth-order valence-corrected chi connectivity index (χ4v) is 3.26. The second-order valence-corrected chi connectivity index (χ2v) is 6.14. The second-order valence-electron chi connectivity index (χ2n) is 5.22. The fraction of sp³-hybridized carbons (Fsp3) is 0.600. The summed E-state index contributed by atoms with van der Waals surface area (Å²) in [6, 6.07) is 6.56. The van der Waals surface area contributed by atoms with E-state index in [1.165, 1.54) is 37.7 Å². The molecule has 1 fully saturated rings. The van der Waals surface area contributed by atoms with Crippen LogP contribution >= 0.6 is 15.9 Å². The monoisotopic (exact) mass is 311 g/mol. The van der Waals surface area contributed by atoms with Gasteiger partial charge in [0.1, 0.15) is 5.75 Å². The minimum Gasteiger partial charge on any atom is -0.496 e. The van der Waals surface area contributed by atoms with Gasteiger partial charge in [0.05, 0.1) is 7.11 Å². The van der Waals surface area contributed by atoms with E-state index in [0.717, 1.165) is 16.6 Å². The molecule has 0 bridgehead atoms. The van der Waals surface area contributed by atoms with E-state index in [1.54, 1.807) is 7.11 Å². The maximum Gasteiger partial charge on any atom is 0.122 e. The minimum atomic E-state index is 0.344. The molecule has 1 saturated carbocycles. The molecule has 100 valence electrons. The number of halogens is 1. The Morgan fingerprint density at radius 3 is 2.83 bits per heavy atom. The predicted molar refractivity (Wildman–Crippen MR) is 78.9 cm³/mol. The van der Waals surface area contributed by atoms with E-state index < -0.39 is 0 Å². The van der Waals surface area contributed by atoms with Gasteiger partial charge in [0, 0.05) is 10.5 Å². The number of hydrogen-bond acceptors (Lipinski definition) is 2. The van der Waals surface area contributed by atoms with Crippen molar-refractivity contribution >= 4 is 15.9 Å². The highest BCUT2D eigenvalue weighted by atomic mass is 79.9. The standard InChI is InChI=1S/C15H22BrNO/c1-18-15-8-7-13(16)10-12(15)9-11-5-3-2-4-6-14(11)17/h7-8,10-11,14H,2-6,9,17H2,1H3. The van der Waals surface area contributed by atoms with Crippen molar-refractivity contribution in [1.29, 1.82) is 0 Å². The van der Waals surface area contributed by atoms with Crippen molar-refractivity contribution < 1.29 is 4.74 Å². The summed E-state index contributed by atoms with van der Waals surface area (Å²) in [4.78, 5) is 0. The van der Waals surface area contributed by atoms with Crippen molar-refractivity contribution in [2.75, 3.05) is 7.11 Å². The average molecular weight is 312 g/mol. The summed E-state index contributed by atoms with van der Waals surface area (Å²) in [7, 11) is 1.74. The van der Waals surface area contributed by atoms with Gasteiger partial charge in [-0.25, -0.2) is 0 Å². The van der Waals surface area contributed by atoms with Gasteiger partial charge in [0.25, 0.3) is 0 Å². The minimum absolute atomic E-state index is 0.344.